The maximum atomic E-state index is 12.3. The van der Waals surface area contributed by atoms with Crippen molar-refractivity contribution in [1.29, 1.82) is 0 Å². The summed E-state index contributed by atoms with van der Waals surface area (Å²) in [5.41, 5.74) is 2.11. The minimum atomic E-state index is -0.151. The Hall–Kier alpha value is -2.34. The van der Waals surface area contributed by atoms with Gasteiger partial charge in [-0.1, -0.05) is 12.1 Å². The van der Waals surface area contributed by atoms with Crippen molar-refractivity contribution in [1.82, 2.24) is 19.9 Å². The van der Waals surface area contributed by atoms with Crippen LogP contribution in [0.5, 0.6) is 0 Å². The maximum absolute atomic E-state index is 12.3. The van der Waals surface area contributed by atoms with Crippen LogP contribution in [-0.2, 0) is 6.54 Å². The van der Waals surface area contributed by atoms with E-state index < -0.39 is 0 Å². The zero-order chi connectivity index (χ0) is 14.8. The van der Waals surface area contributed by atoms with Crippen molar-refractivity contribution in [3.63, 3.8) is 0 Å². The third-order valence-electron chi connectivity index (χ3n) is 3.06. The molecule has 0 saturated carbocycles. The summed E-state index contributed by atoms with van der Waals surface area (Å²) in [6, 6.07) is 7.95. The molecular weight excluding hydrogens is 284 g/mol. The van der Waals surface area contributed by atoms with Gasteiger partial charge in [-0.3, -0.25) is 9.78 Å². The minimum absolute atomic E-state index is 0.151. The summed E-state index contributed by atoms with van der Waals surface area (Å²) in [7, 11) is 1.75. The molecule has 3 rings (SSSR count). The van der Waals surface area contributed by atoms with Gasteiger partial charge in [-0.15, -0.1) is 11.3 Å². The number of aryl methyl sites for hydroxylation is 1. The number of benzene rings is 1. The van der Waals surface area contributed by atoms with E-state index in [0.717, 1.165) is 20.9 Å². The molecule has 0 saturated heterocycles. The lowest BCUT2D eigenvalue weighted by atomic mass is 10.3. The molecule has 3 aromatic rings. The number of rotatable bonds is 3. The van der Waals surface area contributed by atoms with Gasteiger partial charge in [0.25, 0.3) is 5.91 Å². The number of para-hydroxylation sites is 1. The Morgan fingerprint density at radius 2 is 2.05 bits per heavy atom. The van der Waals surface area contributed by atoms with E-state index in [1.54, 1.807) is 29.5 Å². The molecule has 0 aliphatic heterocycles. The summed E-state index contributed by atoms with van der Waals surface area (Å²) in [4.78, 5) is 26.6. The molecular formula is C15H14N4OS. The zero-order valence-corrected chi connectivity index (χ0v) is 12.6. The van der Waals surface area contributed by atoms with Crippen LogP contribution in [0.25, 0.3) is 10.2 Å². The zero-order valence-electron chi connectivity index (χ0n) is 11.8. The van der Waals surface area contributed by atoms with Gasteiger partial charge in [-0.05, 0) is 19.1 Å². The predicted octanol–water partition coefficient (Wildman–Crippen LogP) is 2.67. The standard InChI is InChI=1S/C15H14N4OS/c1-10-7-17-12(8-16-10)15(20)19(2)9-14-18-11-5-3-4-6-13(11)21-14/h3-8H,9H2,1-2H3. The van der Waals surface area contributed by atoms with E-state index in [9.17, 15) is 4.79 Å². The molecule has 0 spiro atoms. The quantitative estimate of drug-likeness (QED) is 0.746. The molecule has 0 aliphatic rings. The van der Waals surface area contributed by atoms with E-state index >= 15 is 0 Å². The Balaban J connectivity index is 1.77. The van der Waals surface area contributed by atoms with Crippen molar-refractivity contribution in [2.45, 2.75) is 13.5 Å². The maximum Gasteiger partial charge on any atom is 0.274 e. The van der Waals surface area contributed by atoms with E-state index in [2.05, 4.69) is 15.0 Å². The van der Waals surface area contributed by atoms with Crippen molar-refractivity contribution >= 4 is 27.5 Å². The molecule has 0 fully saturated rings. The summed E-state index contributed by atoms with van der Waals surface area (Å²) in [6.07, 6.45) is 3.10. The fourth-order valence-electron chi connectivity index (χ4n) is 1.96. The molecule has 6 heteroatoms. The second kappa shape index (κ2) is 5.57. The van der Waals surface area contributed by atoms with Crippen LogP contribution < -0.4 is 0 Å². The molecule has 2 heterocycles. The molecule has 1 aromatic carbocycles. The van der Waals surface area contributed by atoms with Gasteiger partial charge in [0, 0.05) is 13.2 Å². The van der Waals surface area contributed by atoms with Crippen LogP contribution in [-0.4, -0.2) is 32.8 Å². The van der Waals surface area contributed by atoms with Crippen molar-refractivity contribution < 1.29 is 4.79 Å². The van der Waals surface area contributed by atoms with Gasteiger partial charge in [0.15, 0.2) is 0 Å². The number of nitrogens with zero attached hydrogens (tertiary/aromatic N) is 4. The molecule has 0 atom stereocenters. The average Bonchev–Trinajstić information content (AvgIpc) is 2.89. The molecule has 106 valence electrons. The average molecular weight is 298 g/mol. The second-order valence-corrected chi connectivity index (χ2v) is 5.89. The van der Waals surface area contributed by atoms with E-state index in [-0.39, 0.29) is 5.91 Å². The largest absolute Gasteiger partial charge is 0.334 e. The first-order valence-electron chi connectivity index (χ1n) is 6.52. The molecule has 2 aromatic heterocycles. The van der Waals surface area contributed by atoms with Crippen molar-refractivity contribution in [3.05, 3.63) is 53.1 Å². The first kappa shape index (κ1) is 13.6. The summed E-state index contributed by atoms with van der Waals surface area (Å²) >= 11 is 1.60. The normalized spacial score (nSPS) is 10.8. The van der Waals surface area contributed by atoms with Crippen molar-refractivity contribution in [3.8, 4) is 0 Å². The molecule has 21 heavy (non-hydrogen) atoms. The lowest BCUT2D eigenvalue weighted by Crippen LogP contribution is -2.27. The number of carbonyl (C=O) groups is 1. The highest BCUT2D eigenvalue weighted by atomic mass is 32.1. The molecule has 0 unspecified atom stereocenters. The van der Waals surface area contributed by atoms with Crippen LogP contribution in [0.1, 0.15) is 21.2 Å². The highest BCUT2D eigenvalue weighted by Crippen LogP contribution is 2.22. The van der Waals surface area contributed by atoms with Crippen LogP contribution in [0, 0.1) is 6.92 Å². The van der Waals surface area contributed by atoms with Gasteiger partial charge in [-0.2, -0.15) is 0 Å². The smallest absolute Gasteiger partial charge is 0.274 e. The van der Waals surface area contributed by atoms with Crippen molar-refractivity contribution in [2.24, 2.45) is 0 Å². The second-order valence-electron chi connectivity index (χ2n) is 4.78. The molecule has 0 bridgehead atoms. The van der Waals surface area contributed by atoms with Crippen LogP contribution >= 0.6 is 11.3 Å². The number of aromatic nitrogens is 3. The lowest BCUT2D eigenvalue weighted by molar-refractivity contribution is 0.0778. The number of carbonyl (C=O) groups excluding carboxylic acids is 1. The number of amides is 1. The van der Waals surface area contributed by atoms with Crippen LogP contribution in [0.4, 0.5) is 0 Å². The Morgan fingerprint density at radius 1 is 1.24 bits per heavy atom. The number of fused-ring (bicyclic) bond motifs is 1. The monoisotopic (exact) mass is 298 g/mol. The molecule has 5 nitrogen and oxygen atoms in total. The molecule has 1 amide bonds. The summed E-state index contributed by atoms with van der Waals surface area (Å²) in [6.45, 7) is 2.31. The van der Waals surface area contributed by atoms with Gasteiger partial charge in [0.05, 0.1) is 28.7 Å². The number of hydrogen-bond acceptors (Lipinski definition) is 5. The fraction of sp³-hybridized carbons (Fsp3) is 0.200. The van der Waals surface area contributed by atoms with Gasteiger partial charge < -0.3 is 4.90 Å². The third kappa shape index (κ3) is 2.90. The van der Waals surface area contributed by atoms with Crippen LogP contribution in [0.15, 0.2) is 36.7 Å². The van der Waals surface area contributed by atoms with Crippen molar-refractivity contribution in [2.75, 3.05) is 7.05 Å². The van der Waals surface area contributed by atoms with E-state index in [1.807, 2.05) is 31.2 Å². The number of hydrogen-bond donors (Lipinski definition) is 0. The van der Waals surface area contributed by atoms with E-state index in [4.69, 9.17) is 0 Å². The van der Waals surface area contributed by atoms with Gasteiger partial charge >= 0.3 is 0 Å². The van der Waals surface area contributed by atoms with Gasteiger partial charge in [0.1, 0.15) is 10.7 Å². The Bertz CT molecular complexity index is 749. The Kier molecular flexibility index (Phi) is 3.62. The molecule has 0 radical (unpaired) electrons. The van der Waals surface area contributed by atoms with E-state index in [0.29, 0.717) is 12.2 Å². The van der Waals surface area contributed by atoms with Gasteiger partial charge in [0.2, 0.25) is 0 Å². The fourth-order valence-corrected chi connectivity index (χ4v) is 2.98. The SMILES string of the molecule is Cc1cnc(C(=O)N(C)Cc2nc3ccccc3s2)cn1. The predicted molar refractivity (Wildman–Crippen MR) is 82.2 cm³/mol. The Morgan fingerprint density at radius 3 is 2.76 bits per heavy atom. The summed E-state index contributed by atoms with van der Waals surface area (Å²) < 4.78 is 1.13. The van der Waals surface area contributed by atoms with Crippen LogP contribution in [0.3, 0.4) is 0 Å². The first-order chi connectivity index (χ1) is 10.1. The summed E-state index contributed by atoms with van der Waals surface area (Å²) in [5, 5.41) is 0.909. The molecule has 0 aliphatic carbocycles. The molecule has 0 N–H and O–H groups in total. The lowest BCUT2D eigenvalue weighted by Gasteiger charge is -2.14. The highest BCUT2D eigenvalue weighted by molar-refractivity contribution is 7.18. The third-order valence-corrected chi connectivity index (χ3v) is 4.08. The Labute approximate surface area is 126 Å². The highest BCUT2D eigenvalue weighted by Gasteiger charge is 2.15. The minimum Gasteiger partial charge on any atom is -0.334 e. The van der Waals surface area contributed by atoms with E-state index in [1.165, 1.54) is 6.20 Å². The first-order valence-corrected chi connectivity index (χ1v) is 7.33. The van der Waals surface area contributed by atoms with Crippen LogP contribution in [0.2, 0.25) is 0 Å². The topological polar surface area (TPSA) is 59.0 Å². The number of thiazole rings is 1. The summed E-state index contributed by atoms with van der Waals surface area (Å²) in [5.74, 6) is -0.151. The van der Waals surface area contributed by atoms with Gasteiger partial charge in [-0.25, -0.2) is 9.97 Å².